The number of aliphatic carboxylic acids is 1. The Balaban J connectivity index is 2.56. The highest BCUT2D eigenvalue weighted by Crippen LogP contribution is 2.30. The van der Waals surface area contributed by atoms with Gasteiger partial charge in [-0.05, 0) is 26.7 Å². The Kier molecular flexibility index (Phi) is 4.51. The van der Waals surface area contributed by atoms with Crippen LogP contribution in [-0.4, -0.2) is 48.2 Å². The Bertz CT molecular complexity index is 297. The minimum atomic E-state index is -1.00. The van der Waals surface area contributed by atoms with E-state index >= 15 is 0 Å². The molecule has 98 valence electrons. The van der Waals surface area contributed by atoms with Gasteiger partial charge in [0.1, 0.15) is 0 Å². The van der Waals surface area contributed by atoms with E-state index in [0.29, 0.717) is 19.2 Å². The van der Waals surface area contributed by atoms with Gasteiger partial charge >= 0.3 is 5.97 Å². The van der Waals surface area contributed by atoms with E-state index in [2.05, 4.69) is 0 Å². The first-order chi connectivity index (χ1) is 7.88. The normalized spacial score (nSPS) is 15.7. The number of carbonyl (C=O) groups is 2. The van der Waals surface area contributed by atoms with Gasteiger partial charge in [0.2, 0.25) is 5.91 Å². The third-order valence-electron chi connectivity index (χ3n) is 3.02. The van der Waals surface area contributed by atoms with Crippen molar-refractivity contribution in [2.24, 2.45) is 5.41 Å². The number of methoxy groups -OCH3 is 1. The van der Waals surface area contributed by atoms with E-state index < -0.39 is 11.4 Å². The van der Waals surface area contributed by atoms with Crippen LogP contribution in [0.1, 0.15) is 33.1 Å². The summed E-state index contributed by atoms with van der Waals surface area (Å²) in [5.74, 6) is -1.02. The Hall–Kier alpha value is -1.10. The highest BCUT2D eigenvalue weighted by atomic mass is 16.5. The first kappa shape index (κ1) is 14.0. The summed E-state index contributed by atoms with van der Waals surface area (Å²) in [6, 6.07) is 0.294. The second-order valence-electron chi connectivity index (χ2n) is 5.18. The van der Waals surface area contributed by atoms with Crippen molar-refractivity contribution in [3.63, 3.8) is 0 Å². The van der Waals surface area contributed by atoms with E-state index in [0.717, 1.165) is 12.8 Å². The van der Waals surface area contributed by atoms with Gasteiger partial charge in [-0.25, -0.2) is 0 Å². The minimum Gasteiger partial charge on any atom is -0.481 e. The van der Waals surface area contributed by atoms with E-state index in [1.165, 1.54) is 0 Å². The molecule has 0 spiro atoms. The zero-order chi connectivity index (χ0) is 13.1. The van der Waals surface area contributed by atoms with E-state index in [4.69, 9.17) is 9.84 Å². The molecule has 1 rings (SSSR count). The largest absolute Gasteiger partial charge is 0.481 e. The fourth-order valence-corrected chi connectivity index (χ4v) is 1.64. The molecule has 0 aliphatic heterocycles. The van der Waals surface area contributed by atoms with Crippen LogP contribution in [0.15, 0.2) is 0 Å². The molecule has 0 radical (unpaired) electrons. The lowest BCUT2D eigenvalue weighted by atomic mass is 9.89. The SMILES string of the molecule is COCCN(C(=O)CC(C)(C)C(=O)O)C1CC1. The molecule has 0 bridgehead atoms. The molecule has 0 unspecified atom stereocenters. The van der Waals surface area contributed by atoms with Gasteiger partial charge in [-0.2, -0.15) is 0 Å². The number of hydrogen-bond acceptors (Lipinski definition) is 3. The van der Waals surface area contributed by atoms with Crippen molar-refractivity contribution in [2.75, 3.05) is 20.3 Å². The lowest BCUT2D eigenvalue weighted by molar-refractivity contribution is -0.151. The van der Waals surface area contributed by atoms with Gasteiger partial charge in [0.15, 0.2) is 0 Å². The third-order valence-corrected chi connectivity index (χ3v) is 3.02. The standard InChI is InChI=1S/C12H21NO4/c1-12(2,11(15)16)8-10(14)13(6-7-17-3)9-4-5-9/h9H,4-8H2,1-3H3,(H,15,16). The molecule has 1 amide bonds. The number of hydrogen-bond donors (Lipinski definition) is 1. The van der Waals surface area contributed by atoms with Crippen molar-refractivity contribution in [1.29, 1.82) is 0 Å². The van der Waals surface area contributed by atoms with Crippen LogP contribution < -0.4 is 0 Å². The highest BCUT2D eigenvalue weighted by molar-refractivity contribution is 5.84. The maximum atomic E-state index is 12.1. The van der Waals surface area contributed by atoms with Gasteiger partial charge in [-0.1, -0.05) is 0 Å². The van der Waals surface area contributed by atoms with Gasteiger partial charge < -0.3 is 14.7 Å². The van der Waals surface area contributed by atoms with Crippen LogP contribution in [0.5, 0.6) is 0 Å². The van der Waals surface area contributed by atoms with E-state index in [-0.39, 0.29) is 12.3 Å². The quantitative estimate of drug-likeness (QED) is 0.727. The van der Waals surface area contributed by atoms with Crippen molar-refractivity contribution in [3.8, 4) is 0 Å². The summed E-state index contributed by atoms with van der Waals surface area (Å²) in [4.78, 5) is 24.8. The number of ether oxygens (including phenoxy) is 1. The lowest BCUT2D eigenvalue weighted by Gasteiger charge is -2.26. The molecule has 5 nitrogen and oxygen atoms in total. The molecule has 0 saturated heterocycles. The summed E-state index contributed by atoms with van der Waals surface area (Å²) in [6.07, 6.45) is 2.08. The zero-order valence-electron chi connectivity index (χ0n) is 10.7. The summed E-state index contributed by atoms with van der Waals surface area (Å²) in [5.41, 5.74) is -1.00. The number of carbonyl (C=O) groups excluding carboxylic acids is 1. The minimum absolute atomic E-state index is 0.0442. The van der Waals surface area contributed by atoms with Crippen molar-refractivity contribution < 1.29 is 19.4 Å². The first-order valence-corrected chi connectivity index (χ1v) is 5.90. The number of carboxylic acids is 1. The molecular weight excluding hydrogens is 222 g/mol. The van der Waals surface area contributed by atoms with Crippen LogP contribution in [0.3, 0.4) is 0 Å². The van der Waals surface area contributed by atoms with Crippen molar-refractivity contribution in [1.82, 2.24) is 4.90 Å². The third kappa shape index (κ3) is 4.00. The molecule has 0 aromatic heterocycles. The maximum absolute atomic E-state index is 12.1. The Morgan fingerprint density at radius 3 is 2.41 bits per heavy atom. The fourth-order valence-electron chi connectivity index (χ4n) is 1.64. The molecule has 1 fully saturated rings. The fraction of sp³-hybridized carbons (Fsp3) is 0.833. The first-order valence-electron chi connectivity index (χ1n) is 5.90. The van der Waals surface area contributed by atoms with Crippen LogP contribution in [0.2, 0.25) is 0 Å². The van der Waals surface area contributed by atoms with Crippen molar-refractivity contribution in [2.45, 2.75) is 39.2 Å². The molecule has 1 N–H and O–H groups in total. The highest BCUT2D eigenvalue weighted by Gasteiger charge is 2.37. The number of nitrogens with zero attached hydrogens (tertiary/aromatic N) is 1. The predicted molar refractivity (Wildman–Crippen MR) is 62.6 cm³/mol. The van der Waals surface area contributed by atoms with Crippen molar-refractivity contribution in [3.05, 3.63) is 0 Å². The molecule has 17 heavy (non-hydrogen) atoms. The average molecular weight is 243 g/mol. The molecule has 1 saturated carbocycles. The number of carboxylic acid groups (broad SMARTS) is 1. The second-order valence-corrected chi connectivity index (χ2v) is 5.18. The van der Waals surface area contributed by atoms with E-state index in [1.807, 2.05) is 0 Å². The monoisotopic (exact) mass is 243 g/mol. The maximum Gasteiger partial charge on any atom is 0.309 e. The molecule has 0 aromatic carbocycles. The Morgan fingerprint density at radius 1 is 1.41 bits per heavy atom. The van der Waals surface area contributed by atoms with Crippen LogP contribution in [-0.2, 0) is 14.3 Å². The topological polar surface area (TPSA) is 66.8 Å². The summed E-state index contributed by atoms with van der Waals surface area (Å²) in [6.45, 7) is 4.20. The van der Waals surface area contributed by atoms with Gasteiger partial charge in [0.05, 0.1) is 12.0 Å². The smallest absolute Gasteiger partial charge is 0.309 e. The van der Waals surface area contributed by atoms with Crippen LogP contribution in [0, 0.1) is 5.41 Å². The molecule has 5 heteroatoms. The Labute approximate surface area is 102 Å². The zero-order valence-corrected chi connectivity index (χ0v) is 10.7. The summed E-state index contributed by atoms with van der Waals surface area (Å²) in [7, 11) is 1.59. The second kappa shape index (κ2) is 5.49. The summed E-state index contributed by atoms with van der Waals surface area (Å²) < 4.78 is 4.97. The van der Waals surface area contributed by atoms with Crippen LogP contribution in [0.4, 0.5) is 0 Å². The van der Waals surface area contributed by atoms with E-state index in [1.54, 1.807) is 25.9 Å². The Morgan fingerprint density at radius 2 is 2.00 bits per heavy atom. The van der Waals surface area contributed by atoms with Crippen LogP contribution >= 0.6 is 0 Å². The van der Waals surface area contributed by atoms with Gasteiger partial charge in [-0.3, -0.25) is 9.59 Å². The summed E-state index contributed by atoms with van der Waals surface area (Å²) >= 11 is 0. The molecule has 1 aliphatic rings. The van der Waals surface area contributed by atoms with E-state index in [9.17, 15) is 9.59 Å². The lowest BCUT2D eigenvalue weighted by Crippen LogP contribution is -2.40. The van der Waals surface area contributed by atoms with Crippen molar-refractivity contribution >= 4 is 11.9 Å². The molecular formula is C12H21NO4. The number of amides is 1. The summed E-state index contributed by atoms with van der Waals surface area (Å²) in [5, 5.41) is 9.01. The number of rotatable bonds is 7. The van der Waals surface area contributed by atoms with Gasteiger partial charge in [0, 0.05) is 26.1 Å². The predicted octanol–water partition coefficient (Wildman–Crippen LogP) is 1.12. The molecule has 0 heterocycles. The average Bonchev–Trinajstić information content (AvgIpc) is 3.01. The molecule has 0 atom stereocenters. The van der Waals surface area contributed by atoms with Gasteiger partial charge in [0.25, 0.3) is 0 Å². The molecule has 0 aromatic rings. The molecule has 1 aliphatic carbocycles. The van der Waals surface area contributed by atoms with Crippen LogP contribution in [0.25, 0.3) is 0 Å². The van der Waals surface area contributed by atoms with Gasteiger partial charge in [-0.15, -0.1) is 0 Å².